The number of aryl methyl sites for hydroxylation is 1. The summed E-state index contributed by atoms with van der Waals surface area (Å²) in [6, 6.07) is 5.68. The highest BCUT2D eigenvalue weighted by molar-refractivity contribution is 5.90. The van der Waals surface area contributed by atoms with Crippen molar-refractivity contribution in [3.8, 4) is 0 Å². The van der Waals surface area contributed by atoms with Crippen LogP contribution in [0.15, 0.2) is 33.3 Å². The zero-order valence-corrected chi connectivity index (χ0v) is 13.4. The fourth-order valence-electron chi connectivity index (χ4n) is 2.29. The van der Waals surface area contributed by atoms with Crippen LogP contribution in [-0.2, 0) is 11.3 Å². The molecule has 2 rings (SSSR count). The lowest BCUT2D eigenvalue weighted by molar-refractivity contribution is 0.0599. The summed E-state index contributed by atoms with van der Waals surface area (Å²) in [5.41, 5.74) is 0.467. The summed E-state index contributed by atoms with van der Waals surface area (Å²) in [6.07, 6.45) is 1.67. The molecule has 0 amide bonds. The number of esters is 1. The van der Waals surface area contributed by atoms with Gasteiger partial charge in [0.25, 0.3) is 0 Å². The van der Waals surface area contributed by atoms with Gasteiger partial charge in [0, 0.05) is 6.54 Å². The Balaban J connectivity index is 1.94. The fourth-order valence-corrected chi connectivity index (χ4v) is 2.29. The Hall–Kier alpha value is -2.05. The summed E-state index contributed by atoms with van der Waals surface area (Å²) in [7, 11) is 5.36. The van der Waals surface area contributed by atoms with Gasteiger partial charge in [-0.25, -0.2) is 4.79 Å². The molecule has 6 nitrogen and oxygen atoms in total. The van der Waals surface area contributed by atoms with Crippen molar-refractivity contribution >= 4 is 5.97 Å². The van der Waals surface area contributed by atoms with Crippen LogP contribution in [0.4, 0.5) is 0 Å². The van der Waals surface area contributed by atoms with Gasteiger partial charge in [0.2, 0.25) is 0 Å². The maximum absolute atomic E-state index is 11.6. The van der Waals surface area contributed by atoms with Crippen molar-refractivity contribution in [2.75, 3.05) is 27.7 Å². The Kier molecular flexibility index (Phi) is 5.41. The number of carbonyl (C=O) groups is 1. The molecule has 0 spiro atoms. The highest BCUT2D eigenvalue weighted by Crippen LogP contribution is 2.19. The average Bonchev–Trinajstić information content (AvgIpc) is 3.12. The second kappa shape index (κ2) is 7.29. The van der Waals surface area contributed by atoms with Crippen LogP contribution in [0.1, 0.15) is 33.7 Å². The molecule has 0 aromatic carbocycles. The van der Waals surface area contributed by atoms with Crippen LogP contribution < -0.4 is 5.32 Å². The second-order valence-corrected chi connectivity index (χ2v) is 5.30. The van der Waals surface area contributed by atoms with E-state index in [0.717, 1.165) is 5.76 Å². The summed E-state index contributed by atoms with van der Waals surface area (Å²) in [4.78, 5) is 13.6. The topological polar surface area (TPSA) is 67.8 Å². The number of ether oxygens (including phenoxy) is 1. The lowest BCUT2D eigenvalue weighted by Crippen LogP contribution is -2.30. The predicted octanol–water partition coefficient (Wildman–Crippen LogP) is 2.36. The number of carbonyl (C=O) groups excluding carboxylic acids is 1. The third kappa shape index (κ3) is 3.78. The zero-order valence-electron chi connectivity index (χ0n) is 13.4. The van der Waals surface area contributed by atoms with E-state index in [1.807, 2.05) is 26.2 Å². The summed E-state index contributed by atoms with van der Waals surface area (Å²) in [6.45, 7) is 2.98. The molecule has 1 N–H and O–H groups in total. The Morgan fingerprint density at radius 2 is 2.23 bits per heavy atom. The van der Waals surface area contributed by atoms with Crippen LogP contribution in [-0.4, -0.2) is 38.6 Å². The SMILES string of the molecule is COC(=O)c1cc(CNCC(c2ccco2)N(C)C)oc1C. The number of nitrogens with one attached hydrogen (secondary N) is 1. The van der Waals surface area contributed by atoms with Crippen molar-refractivity contribution in [2.24, 2.45) is 0 Å². The normalized spacial score (nSPS) is 12.6. The van der Waals surface area contributed by atoms with Gasteiger partial charge < -0.3 is 18.9 Å². The van der Waals surface area contributed by atoms with Gasteiger partial charge in [-0.2, -0.15) is 0 Å². The maximum Gasteiger partial charge on any atom is 0.341 e. The molecule has 2 heterocycles. The van der Waals surface area contributed by atoms with Crippen LogP contribution >= 0.6 is 0 Å². The Morgan fingerprint density at radius 3 is 2.82 bits per heavy atom. The molecule has 2 aromatic heterocycles. The largest absolute Gasteiger partial charge is 0.468 e. The minimum absolute atomic E-state index is 0.131. The number of nitrogens with zero attached hydrogens (tertiary/aromatic N) is 1. The summed E-state index contributed by atoms with van der Waals surface area (Å²) >= 11 is 0. The van der Waals surface area contributed by atoms with E-state index in [2.05, 4.69) is 10.2 Å². The fraction of sp³-hybridized carbons (Fsp3) is 0.438. The molecule has 0 aliphatic carbocycles. The van der Waals surface area contributed by atoms with Gasteiger partial charge in [-0.05, 0) is 39.2 Å². The molecular weight excluding hydrogens is 284 g/mol. The van der Waals surface area contributed by atoms with Gasteiger partial charge in [-0.1, -0.05) is 0 Å². The molecule has 0 saturated heterocycles. The zero-order chi connectivity index (χ0) is 16.1. The van der Waals surface area contributed by atoms with Gasteiger partial charge in [-0.15, -0.1) is 0 Å². The van der Waals surface area contributed by atoms with Gasteiger partial charge in [0.1, 0.15) is 22.8 Å². The Labute approximate surface area is 130 Å². The summed E-state index contributed by atoms with van der Waals surface area (Å²) in [5.74, 6) is 1.80. The minimum atomic E-state index is -0.380. The summed E-state index contributed by atoms with van der Waals surface area (Å²) in [5, 5.41) is 3.32. The van der Waals surface area contributed by atoms with E-state index in [1.165, 1.54) is 7.11 Å². The molecule has 0 fully saturated rings. The van der Waals surface area contributed by atoms with Crippen molar-refractivity contribution in [2.45, 2.75) is 19.5 Å². The van der Waals surface area contributed by atoms with Crippen molar-refractivity contribution < 1.29 is 18.4 Å². The van der Waals surface area contributed by atoms with Crippen molar-refractivity contribution in [3.05, 3.63) is 47.3 Å². The number of hydrogen-bond acceptors (Lipinski definition) is 6. The standard InChI is InChI=1S/C16H22N2O4/c1-11-13(16(19)20-4)8-12(22-11)9-17-10-14(18(2)3)15-6-5-7-21-15/h5-8,14,17H,9-10H2,1-4H3. The molecule has 6 heteroatoms. The number of likely N-dealkylation sites (N-methyl/N-ethyl adjacent to an activating group) is 1. The van der Waals surface area contributed by atoms with Crippen LogP contribution in [0.2, 0.25) is 0 Å². The van der Waals surface area contributed by atoms with Gasteiger partial charge >= 0.3 is 5.97 Å². The molecule has 1 unspecified atom stereocenters. The van der Waals surface area contributed by atoms with Crippen molar-refractivity contribution in [1.29, 1.82) is 0 Å². The average molecular weight is 306 g/mol. The third-order valence-corrected chi connectivity index (χ3v) is 3.51. The first kappa shape index (κ1) is 16.3. The van der Waals surface area contributed by atoms with Crippen molar-refractivity contribution in [1.82, 2.24) is 10.2 Å². The molecule has 2 aromatic rings. The first-order valence-electron chi connectivity index (χ1n) is 7.11. The highest BCUT2D eigenvalue weighted by Gasteiger charge is 2.18. The van der Waals surface area contributed by atoms with E-state index in [4.69, 9.17) is 13.6 Å². The van der Waals surface area contributed by atoms with Crippen LogP contribution in [0, 0.1) is 6.92 Å². The van der Waals surface area contributed by atoms with E-state index < -0.39 is 0 Å². The monoisotopic (exact) mass is 306 g/mol. The van der Waals surface area contributed by atoms with Crippen molar-refractivity contribution in [3.63, 3.8) is 0 Å². The van der Waals surface area contributed by atoms with Crippen LogP contribution in [0.25, 0.3) is 0 Å². The molecule has 22 heavy (non-hydrogen) atoms. The maximum atomic E-state index is 11.6. The second-order valence-electron chi connectivity index (χ2n) is 5.30. The molecule has 0 aliphatic rings. The molecular formula is C16H22N2O4. The molecule has 0 aliphatic heterocycles. The van der Waals surface area contributed by atoms with Gasteiger partial charge in [0.15, 0.2) is 0 Å². The van der Waals surface area contributed by atoms with E-state index >= 15 is 0 Å². The van der Waals surface area contributed by atoms with E-state index in [-0.39, 0.29) is 12.0 Å². The van der Waals surface area contributed by atoms with E-state index in [1.54, 1.807) is 19.3 Å². The number of methoxy groups -OCH3 is 1. The smallest absolute Gasteiger partial charge is 0.341 e. The first-order chi connectivity index (χ1) is 10.5. The molecule has 0 bridgehead atoms. The third-order valence-electron chi connectivity index (χ3n) is 3.51. The first-order valence-corrected chi connectivity index (χ1v) is 7.11. The van der Waals surface area contributed by atoms with Crippen LogP contribution in [0.5, 0.6) is 0 Å². The van der Waals surface area contributed by atoms with Crippen LogP contribution in [0.3, 0.4) is 0 Å². The molecule has 0 saturated carbocycles. The van der Waals surface area contributed by atoms with E-state index in [0.29, 0.717) is 30.2 Å². The molecule has 1 atom stereocenters. The quantitative estimate of drug-likeness (QED) is 0.792. The Bertz CT molecular complexity index is 602. The predicted molar refractivity (Wildman–Crippen MR) is 81.6 cm³/mol. The van der Waals surface area contributed by atoms with Gasteiger partial charge in [-0.3, -0.25) is 4.90 Å². The highest BCUT2D eigenvalue weighted by atomic mass is 16.5. The lowest BCUT2D eigenvalue weighted by Gasteiger charge is -2.22. The number of rotatable bonds is 7. The van der Waals surface area contributed by atoms with Gasteiger partial charge in [0.05, 0.1) is 26.0 Å². The molecule has 120 valence electrons. The van der Waals surface area contributed by atoms with E-state index in [9.17, 15) is 4.79 Å². The Morgan fingerprint density at radius 1 is 1.45 bits per heavy atom. The number of hydrogen-bond donors (Lipinski definition) is 1. The minimum Gasteiger partial charge on any atom is -0.468 e. The lowest BCUT2D eigenvalue weighted by atomic mass is 10.2. The summed E-state index contributed by atoms with van der Waals surface area (Å²) < 4.78 is 15.7. The molecule has 0 radical (unpaired) electrons. The number of furan rings is 2.